The number of piperidine rings is 1. The van der Waals surface area contributed by atoms with Crippen molar-refractivity contribution in [1.82, 2.24) is 10.2 Å². The van der Waals surface area contributed by atoms with Crippen molar-refractivity contribution in [3.63, 3.8) is 0 Å². The average Bonchev–Trinajstić information content (AvgIpc) is 2.32. The summed E-state index contributed by atoms with van der Waals surface area (Å²) in [6.45, 7) is 7.71. The molecule has 2 aliphatic rings. The summed E-state index contributed by atoms with van der Waals surface area (Å²) in [5.74, 6) is 1.68. The Morgan fingerprint density at radius 2 is 1.94 bits per heavy atom. The molecule has 3 atom stereocenters. The van der Waals surface area contributed by atoms with Crippen molar-refractivity contribution in [3.8, 4) is 0 Å². The van der Waals surface area contributed by atoms with E-state index in [-0.39, 0.29) is 0 Å². The third-order valence-corrected chi connectivity index (χ3v) is 5.04. The zero-order valence-corrected chi connectivity index (χ0v) is 12.3. The van der Waals surface area contributed by atoms with Gasteiger partial charge < -0.3 is 15.3 Å². The molecule has 18 heavy (non-hydrogen) atoms. The largest absolute Gasteiger partial charge is 0.390 e. The van der Waals surface area contributed by atoms with Crippen molar-refractivity contribution in [2.75, 3.05) is 26.7 Å². The van der Waals surface area contributed by atoms with Crippen LogP contribution < -0.4 is 5.32 Å². The minimum Gasteiger partial charge on any atom is -0.390 e. The third kappa shape index (κ3) is 3.69. The Kier molecular flexibility index (Phi) is 4.68. The first-order chi connectivity index (χ1) is 8.50. The van der Waals surface area contributed by atoms with Gasteiger partial charge in [-0.3, -0.25) is 0 Å². The van der Waals surface area contributed by atoms with Gasteiger partial charge in [0.25, 0.3) is 0 Å². The molecule has 0 aromatic heterocycles. The fourth-order valence-electron chi connectivity index (χ4n) is 3.63. The number of likely N-dealkylation sites (tertiary alicyclic amines) is 1. The van der Waals surface area contributed by atoms with Crippen LogP contribution in [0.3, 0.4) is 0 Å². The Bertz CT molecular complexity index is 257. The van der Waals surface area contributed by atoms with Crippen LogP contribution in [0.1, 0.15) is 46.0 Å². The molecule has 1 aliphatic carbocycles. The lowest BCUT2D eigenvalue weighted by Gasteiger charge is -2.41. The van der Waals surface area contributed by atoms with Crippen LogP contribution in [0, 0.1) is 11.8 Å². The van der Waals surface area contributed by atoms with E-state index in [4.69, 9.17) is 0 Å². The topological polar surface area (TPSA) is 35.5 Å². The number of hydrogen-bond donors (Lipinski definition) is 2. The highest BCUT2D eigenvalue weighted by Crippen LogP contribution is 2.31. The van der Waals surface area contributed by atoms with E-state index in [1.807, 2.05) is 6.92 Å². The zero-order valence-electron chi connectivity index (χ0n) is 12.3. The molecule has 0 radical (unpaired) electrons. The highest BCUT2D eigenvalue weighted by atomic mass is 16.3. The molecule has 2 fully saturated rings. The second-order valence-electron chi connectivity index (χ2n) is 6.87. The van der Waals surface area contributed by atoms with E-state index in [1.54, 1.807) is 0 Å². The Balaban J connectivity index is 1.84. The monoisotopic (exact) mass is 254 g/mol. The lowest BCUT2D eigenvalue weighted by molar-refractivity contribution is -0.0123. The van der Waals surface area contributed by atoms with Crippen LogP contribution in [0.25, 0.3) is 0 Å². The van der Waals surface area contributed by atoms with Gasteiger partial charge in [-0.15, -0.1) is 0 Å². The molecule has 1 aliphatic heterocycles. The first-order valence-corrected chi connectivity index (χ1v) is 7.62. The highest BCUT2D eigenvalue weighted by Gasteiger charge is 2.32. The van der Waals surface area contributed by atoms with Gasteiger partial charge in [0.15, 0.2) is 0 Å². The van der Waals surface area contributed by atoms with Gasteiger partial charge in [-0.25, -0.2) is 0 Å². The van der Waals surface area contributed by atoms with Crippen LogP contribution in [-0.4, -0.2) is 48.3 Å². The van der Waals surface area contributed by atoms with Gasteiger partial charge in [0.2, 0.25) is 0 Å². The molecular weight excluding hydrogens is 224 g/mol. The smallest absolute Gasteiger partial charge is 0.0644 e. The molecule has 3 unspecified atom stereocenters. The maximum Gasteiger partial charge on any atom is 0.0644 e. The lowest BCUT2D eigenvalue weighted by Crippen LogP contribution is -2.48. The van der Waals surface area contributed by atoms with E-state index in [0.29, 0.717) is 6.04 Å². The van der Waals surface area contributed by atoms with Gasteiger partial charge in [0, 0.05) is 25.7 Å². The molecule has 1 saturated heterocycles. The molecule has 106 valence electrons. The Hall–Kier alpha value is -0.120. The predicted molar refractivity (Wildman–Crippen MR) is 75.7 cm³/mol. The van der Waals surface area contributed by atoms with Crippen LogP contribution in [0.2, 0.25) is 0 Å². The molecule has 0 amide bonds. The van der Waals surface area contributed by atoms with Crippen LogP contribution in [0.5, 0.6) is 0 Å². The third-order valence-electron chi connectivity index (χ3n) is 5.04. The molecule has 1 heterocycles. The lowest BCUT2D eigenvalue weighted by atomic mass is 9.78. The summed E-state index contributed by atoms with van der Waals surface area (Å²) in [5.41, 5.74) is -0.418. The molecular formula is C15H30N2O. The van der Waals surface area contributed by atoms with E-state index in [1.165, 1.54) is 25.8 Å². The molecule has 1 saturated carbocycles. The van der Waals surface area contributed by atoms with E-state index in [2.05, 4.69) is 24.2 Å². The fraction of sp³-hybridized carbons (Fsp3) is 1.00. The number of hydrogen-bond acceptors (Lipinski definition) is 3. The van der Waals surface area contributed by atoms with Gasteiger partial charge in [-0.05, 0) is 57.9 Å². The van der Waals surface area contributed by atoms with Gasteiger partial charge in [-0.1, -0.05) is 6.92 Å². The van der Waals surface area contributed by atoms with Crippen molar-refractivity contribution in [3.05, 3.63) is 0 Å². The van der Waals surface area contributed by atoms with Crippen molar-refractivity contribution < 1.29 is 5.11 Å². The average molecular weight is 254 g/mol. The van der Waals surface area contributed by atoms with Crippen molar-refractivity contribution in [1.29, 1.82) is 0 Å². The molecule has 3 heteroatoms. The van der Waals surface area contributed by atoms with Gasteiger partial charge in [0.1, 0.15) is 0 Å². The standard InChI is InChI=1S/C15H30N2O/c1-12-4-5-14(16-3)13(10-12)11-17-8-6-15(2,18)7-9-17/h12-14,16,18H,4-11H2,1-3H3. The Morgan fingerprint density at radius 1 is 1.28 bits per heavy atom. The summed E-state index contributed by atoms with van der Waals surface area (Å²) in [4.78, 5) is 2.56. The van der Waals surface area contributed by atoms with Crippen molar-refractivity contribution in [2.45, 2.75) is 57.6 Å². The first-order valence-electron chi connectivity index (χ1n) is 7.62. The summed E-state index contributed by atoms with van der Waals surface area (Å²) >= 11 is 0. The maximum absolute atomic E-state index is 10.00. The number of aliphatic hydroxyl groups is 1. The quantitative estimate of drug-likeness (QED) is 0.807. The van der Waals surface area contributed by atoms with Crippen LogP contribution in [0.4, 0.5) is 0 Å². The highest BCUT2D eigenvalue weighted by molar-refractivity contribution is 4.88. The Morgan fingerprint density at radius 3 is 2.56 bits per heavy atom. The maximum atomic E-state index is 10.00. The Labute approximate surface area is 112 Å². The summed E-state index contributed by atoms with van der Waals surface area (Å²) in [7, 11) is 2.11. The zero-order chi connectivity index (χ0) is 13.2. The van der Waals surface area contributed by atoms with E-state index >= 15 is 0 Å². The summed E-state index contributed by atoms with van der Waals surface area (Å²) in [6, 6.07) is 0.698. The summed E-state index contributed by atoms with van der Waals surface area (Å²) < 4.78 is 0. The molecule has 3 nitrogen and oxygen atoms in total. The second kappa shape index (κ2) is 5.89. The van der Waals surface area contributed by atoms with Crippen molar-refractivity contribution >= 4 is 0 Å². The normalized spacial score (nSPS) is 37.7. The molecule has 2 N–H and O–H groups in total. The van der Waals surface area contributed by atoms with Crippen molar-refractivity contribution in [2.24, 2.45) is 11.8 Å². The molecule has 0 aromatic carbocycles. The molecule has 0 bridgehead atoms. The van der Waals surface area contributed by atoms with Gasteiger partial charge in [0.05, 0.1) is 5.60 Å². The molecule has 0 spiro atoms. The van der Waals surface area contributed by atoms with E-state index in [9.17, 15) is 5.11 Å². The van der Waals surface area contributed by atoms with Crippen LogP contribution in [0.15, 0.2) is 0 Å². The summed E-state index contributed by atoms with van der Waals surface area (Å²) in [5, 5.41) is 13.5. The molecule has 2 rings (SSSR count). The number of nitrogens with zero attached hydrogens (tertiary/aromatic N) is 1. The van der Waals surface area contributed by atoms with Crippen LogP contribution in [-0.2, 0) is 0 Å². The van der Waals surface area contributed by atoms with Crippen LogP contribution >= 0.6 is 0 Å². The van der Waals surface area contributed by atoms with E-state index in [0.717, 1.165) is 37.8 Å². The molecule has 0 aromatic rings. The fourth-order valence-corrected chi connectivity index (χ4v) is 3.63. The van der Waals surface area contributed by atoms with E-state index < -0.39 is 5.60 Å². The van der Waals surface area contributed by atoms with Gasteiger partial charge >= 0.3 is 0 Å². The predicted octanol–water partition coefficient (Wildman–Crippen LogP) is 1.86. The number of rotatable bonds is 3. The number of nitrogens with one attached hydrogen (secondary N) is 1. The first kappa shape index (κ1) is 14.3. The minimum absolute atomic E-state index is 0.418. The van der Waals surface area contributed by atoms with Gasteiger partial charge in [-0.2, -0.15) is 0 Å². The second-order valence-corrected chi connectivity index (χ2v) is 6.87. The summed E-state index contributed by atoms with van der Waals surface area (Å²) in [6.07, 6.45) is 5.92. The SMILES string of the molecule is CNC1CCC(C)CC1CN1CCC(C)(O)CC1. The minimum atomic E-state index is -0.418.